The molecule has 1 rings (SSSR count). The number of likely N-dealkylation sites (N-methyl/N-ethyl adjacent to an activating group) is 1. The van der Waals surface area contributed by atoms with Gasteiger partial charge in [0.25, 0.3) is 0 Å². The molecular weight excluding hydrogens is 547 g/mol. The number of nitrogens with zero attached hydrogens (tertiary/aromatic N) is 1. The zero-order valence-electron chi connectivity index (χ0n) is 25.8. The molecule has 0 heterocycles. The standard InChI is InChI=1S/C23H31FN2O2S.C5H9ClO.2C2H6/c1-6-10-21(24)12-9-11-20-13-14-22(29(5,27)28)18-23(20)19(4)26(8-3)17-16-25-15-7-2;1-7-5-3-2-4-6;2*1-2/h6-7,9-10,12-15,18,25H,1,4,8,11,16-17H2,2-3,5H3;2,4H,3,5H2,1H3;2*1-2H3/b12-9-,15-7+,21-10+;4-2+;;. The minimum Gasteiger partial charge on any atom is -0.389 e. The Balaban J connectivity index is -0.00000106. The van der Waals surface area contributed by atoms with Gasteiger partial charge in [-0.2, -0.15) is 0 Å². The average molecular weight is 599 g/mol. The second-order valence-corrected chi connectivity index (χ2v) is 9.88. The third-order valence-corrected chi connectivity index (χ3v) is 6.15. The molecule has 0 unspecified atom stereocenters. The summed E-state index contributed by atoms with van der Waals surface area (Å²) in [5, 5.41) is 3.19. The number of sulfone groups is 1. The van der Waals surface area contributed by atoms with Crippen LogP contribution in [0.4, 0.5) is 4.39 Å². The van der Waals surface area contributed by atoms with E-state index in [9.17, 15) is 12.8 Å². The molecule has 5 nitrogen and oxygen atoms in total. The molecule has 8 heteroatoms. The number of ether oxygens (including phenoxy) is 1. The van der Waals surface area contributed by atoms with E-state index >= 15 is 0 Å². The number of halogens is 2. The molecule has 0 spiro atoms. The Morgan fingerprint density at radius 1 is 1.20 bits per heavy atom. The highest BCUT2D eigenvalue weighted by atomic mass is 35.5. The zero-order chi connectivity index (χ0) is 31.4. The van der Waals surface area contributed by atoms with Crippen LogP contribution in [0.1, 0.15) is 59.1 Å². The Kier molecular flexibility index (Phi) is 29.2. The van der Waals surface area contributed by atoms with Gasteiger partial charge in [0, 0.05) is 56.4 Å². The van der Waals surface area contributed by atoms with E-state index in [2.05, 4.69) is 23.4 Å². The second kappa shape index (κ2) is 27.9. The Hall–Kier alpha value is -2.61. The minimum absolute atomic E-state index is 0.238. The summed E-state index contributed by atoms with van der Waals surface area (Å²) in [6.07, 6.45) is 13.9. The lowest BCUT2D eigenvalue weighted by Crippen LogP contribution is -2.29. The Morgan fingerprint density at radius 3 is 2.35 bits per heavy atom. The van der Waals surface area contributed by atoms with E-state index in [0.29, 0.717) is 6.42 Å². The largest absolute Gasteiger partial charge is 0.389 e. The first-order chi connectivity index (χ1) is 19.2. The molecule has 1 aromatic rings. The first kappa shape index (κ1) is 41.9. The van der Waals surface area contributed by atoms with Crippen molar-refractivity contribution in [3.05, 3.63) is 96.5 Å². The normalized spacial score (nSPS) is 11.2. The van der Waals surface area contributed by atoms with Crippen LogP contribution in [-0.4, -0.2) is 52.9 Å². The van der Waals surface area contributed by atoms with Crippen LogP contribution in [-0.2, 0) is 21.0 Å². The van der Waals surface area contributed by atoms with Gasteiger partial charge in [0.05, 0.1) is 4.90 Å². The molecule has 0 aliphatic carbocycles. The molecule has 1 aromatic carbocycles. The summed E-state index contributed by atoms with van der Waals surface area (Å²) in [6, 6.07) is 5.00. The average Bonchev–Trinajstić information content (AvgIpc) is 2.95. The maximum absolute atomic E-state index is 13.6. The molecule has 0 saturated carbocycles. The van der Waals surface area contributed by atoms with E-state index in [1.165, 1.54) is 30.0 Å². The molecule has 0 amide bonds. The van der Waals surface area contributed by atoms with Crippen LogP contribution in [0.5, 0.6) is 0 Å². The number of methoxy groups -OCH3 is 1. The van der Waals surface area contributed by atoms with Gasteiger partial charge in [-0.15, -0.1) is 0 Å². The molecule has 1 N–H and O–H groups in total. The fraction of sp³-hybridized carbons (Fsp3) is 0.438. The molecule has 0 aliphatic heterocycles. The predicted molar refractivity (Wildman–Crippen MR) is 175 cm³/mol. The van der Waals surface area contributed by atoms with Gasteiger partial charge in [-0.05, 0) is 62.7 Å². The lowest BCUT2D eigenvalue weighted by atomic mass is 10.0. The first-order valence-electron chi connectivity index (χ1n) is 13.7. The van der Waals surface area contributed by atoms with E-state index < -0.39 is 15.7 Å². The Bertz CT molecular complexity index is 1030. The van der Waals surface area contributed by atoms with Gasteiger partial charge in [0.15, 0.2) is 9.84 Å². The van der Waals surface area contributed by atoms with Crippen molar-refractivity contribution >= 4 is 27.1 Å². The van der Waals surface area contributed by atoms with E-state index in [4.69, 9.17) is 16.3 Å². The smallest absolute Gasteiger partial charge is 0.175 e. The van der Waals surface area contributed by atoms with E-state index in [0.717, 1.165) is 49.5 Å². The van der Waals surface area contributed by atoms with Crippen LogP contribution in [0.15, 0.2) is 90.3 Å². The van der Waals surface area contributed by atoms with Crippen molar-refractivity contribution in [2.45, 2.75) is 59.3 Å². The summed E-state index contributed by atoms with van der Waals surface area (Å²) in [5.41, 5.74) is 3.87. The minimum atomic E-state index is -3.35. The number of allylic oxidation sites excluding steroid dienone is 6. The number of nitrogens with one attached hydrogen (secondary N) is 1. The third-order valence-electron chi connectivity index (χ3n) is 4.86. The van der Waals surface area contributed by atoms with Crippen LogP contribution in [0.3, 0.4) is 0 Å². The van der Waals surface area contributed by atoms with Crippen molar-refractivity contribution in [1.82, 2.24) is 10.2 Å². The Morgan fingerprint density at radius 2 is 1.85 bits per heavy atom. The monoisotopic (exact) mass is 598 g/mol. The summed E-state index contributed by atoms with van der Waals surface area (Å²) in [5.74, 6) is -0.390. The van der Waals surface area contributed by atoms with Crippen LogP contribution in [0, 0.1) is 0 Å². The predicted octanol–water partition coefficient (Wildman–Crippen LogP) is 8.47. The number of hydrogen-bond acceptors (Lipinski definition) is 5. The molecule has 0 saturated heterocycles. The second-order valence-electron chi connectivity index (χ2n) is 7.61. The van der Waals surface area contributed by atoms with Gasteiger partial charge < -0.3 is 15.0 Å². The van der Waals surface area contributed by atoms with Crippen LogP contribution in [0.25, 0.3) is 5.70 Å². The lowest BCUT2D eigenvalue weighted by Gasteiger charge is -2.27. The topological polar surface area (TPSA) is 58.6 Å². The molecular formula is C32H52ClFN2O3S. The van der Waals surface area contributed by atoms with Gasteiger partial charge >= 0.3 is 0 Å². The van der Waals surface area contributed by atoms with Gasteiger partial charge in [0.1, 0.15) is 5.83 Å². The van der Waals surface area contributed by atoms with Crippen molar-refractivity contribution in [1.29, 1.82) is 0 Å². The highest BCUT2D eigenvalue weighted by Gasteiger charge is 2.16. The van der Waals surface area contributed by atoms with Crippen molar-refractivity contribution < 1.29 is 17.5 Å². The molecule has 0 bridgehead atoms. The molecule has 228 valence electrons. The van der Waals surface area contributed by atoms with Gasteiger partial charge in [-0.1, -0.05) is 82.8 Å². The number of hydrogen-bond donors (Lipinski definition) is 1. The SMILES string of the molecule is C=C/C=C(F)\C=C/Cc1ccc(S(C)(=O)=O)cc1C(=C)N(CC)CCN/C=C/C.CC.CC.COCC/C=C/Cl. The van der Waals surface area contributed by atoms with Gasteiger partial charge in [0.2, 0.25) is 0 Å². The molecule has 40 heavy (non-hydrogen) atoms. The van der Waals surface area contributed by atoms with E-state index in [-0.39, 0.29) is 4.90 Å². The van der Waals surface area contributed by atoms with Crippen molar-refractivity contribution in [2.24, 2.45) is 0 Å². The van der Waals surface area contributed by atoms with E-state index in [1.54, 1.807) is 31.4 Å². The molecule has 0 aliphatic rings. The van der Waals surface area contributed by atoms with Gasteiger partial charge in [-0.25, -0.2) is 12.8 Å². The maximum atomic E-state index is 13.6. The summed E-state index contributed by atoms with van der Waals surface area (Å²) in [7, 11) is -1.68. The highest BCUT2D eigenvalue weighted by Crippen LogP contribution is 2.25. The molecule has 0 atom stereocenters. The van der Waals surface area contributed by atoms with Crippen molar-refractivity contribution in [2.75, 3.05) is 39.6 Å². The number of benzene rings is 1. The highest BCUT2D eigenvalue weighted by molar-refractivity contribution is 7.90. The van der Waals surface area contributed by atoms with Crippen LogP contribution >= 0.6 is 11.6 Å². The van der Waals surface area contributed by atoms with Crippen LogP contribution in [0.2, 0.25) is 0 Å². The zero-order valence-corrected chi connectivity index (χ0v) is 27.4. The summed E-state index contributed by atoms with van der Waals surface area (Å²) in [6.45, 7) is 22.6. The van der Waals surface area contributed by atoms with E-state index in [1.807, 2.05) is 59.9 Å². The third kappa shape index (κ3) is 20.3. The van der Waals surface area contributed by atoms with Crippen LogP contribution < -0.4 is 5.32 Å². The fourth-order valence-electron chi connectivity index (χ4n) is 3.00. The molecule has 0 aromatic heterocycles. The lowest BCUT2D eigenvalue weighted by molar-refractivity contribution is 0.204. The quantitative estimate of drug-likeness (QED) is 0.162. The summed E-state index contributed by atoms with van der Waals surface area (Å²) < 4.78 is 42.4. The van der Waals surface area contributed by atoms with Crippen molar-refractivity contribution in [3.8, 4) is 0 Å². The Labute approximate surface area is 249 Å². The molecule has 0 fully saturated rings. The van der Waals surface area contributed by atoms with Gasteiger partial charge in [-0.3, -0.25) is 0 Å². The fourth-order valence-corrected chi connectivity index (χ4v) is 3.78. The molecule has 0 radical (unpaired) electrons. The first-order valence-corrected chi connectivity index (χ1v) is 16.0. The summed E-state index contributed by atoms with van der Waals surface area (Å²) in [4.78, 5) is 2.32. The summed E-state index contributed by atoms with van der Waals surface area (Å²) >= 11 is 5.20. The maximum Gasteiger partial charge on any atom is 0.175 e. The number of rotatable bonds is 15. The van der Waals surface area contributed by atoms with Crippen molar-refractivity contribution in [3.63, 3.8) is 0 Å².